The van der Waals surface area contributed by atoms with Crippen LogP contribution in [0.5, 0.6) is 0 Å². The maximum absolute atomic E-state index is 5.48. The Hall–Kier alpha value is -7.21. The molecule has 0 radical (unpaired) electrons. The molecule has 5 heterocycles. The van der Waals surface area contributed by atoms with Crippen LogP contribution in [0.15, 0.2) is 198 Å². The van der Waals surface area contributed by atoms with Gasteiger partial charge in [0.05, 0.1) is 44.0 Å². The van der Waals surface area contributed by atoms with Gasteiger partial charge in [-0.3, -0.25) is 4.90 Å². The molecule has 0 spiro atoms. The monoisotopic (exact) mass is 756 g/mol. The van der Waals surface area contributed by atoms with Crippen LogP contribution < -0.4 is 4.90 Å². The third-order valence-corrected chi connectivity index (χ3v) is 13.4. The van der Waals surface area contributed by atoms with Crippen molar-refractivity contribution in [1.29, 1.82) is 0 Å². The fourth-order valence-electron chi connectivity index (χ4n) is 9.71. The van der Waals surface area contributed by atoms with Crippen molar-refractivity contribution in [3.63, 3.8) is 0 Å². The zero-order chi connectivity index (χ0) is 37.9. The van der Waals surface area contributed by atoms with Gasteiger partial charge in [-0.05, 0) is 75.3 Å². The van der Waals surface area contributed by atoms with Gasteiger partial charge in [-0.1, -0.05) is 163 Å². The third-order valence-electron chi connectivity index (χ3n) is 12.2. The fourth-order valence-corrected chi connectivity index (χ4v) is 10.9. The van der Waals surface area contributed by atoms with E-state index in [-0.39, 0.29) is 5.92 Å². The summed E-state index contributed by atoms with van der Waals surface area (Å²) >= 11 is 1.86. The van der Waals surface area contributed by atoms with Gasteiger partial charge in [-0.25, -0.2) is 9.97 Å². The molecule has 13 rings (SSSR count). The average molecular weight is 757 g/mol. The van der Waals surface area contributed by atoms with Crippen LogP contribution in [0.1, 0.15) is 22.6 Å². The van der Waals surface area contributed by atoms with Crippen molar-refractivity contribution in [1.82, 2.24) is 14.4 Å². The second-order valence-corrected chi connectivity index (χ2v) is 16.4. The van der Waals surface area contributed by atoms with Gasteiger partial charge in [0.2, 0.25) is 5.95 Å². The molecule has 7 aromatic carbocycles. The van der Waals surface area contributed by atoms with Gasteiger partial charge in [0.15, 0.2) is 0 Å². The van der Waals surface area contributed by atoms with E-state index < -0.39 is 0 Å². The molecule has 0 bridgehead atoms. The molecule has 58 heavy (non-hydrogen) atoms. The maximum atomic E-state index is 5.48. The normalized spacial score (nSPS) is 14.3. The van der Waals surface area contributed by atoms with Gasteiger partial charge in [-0.2, -0.15) is 0 Å². The summed E-state index contributed by atoms with van der Waals surface area (Å²) < 4.78 is 2.45. The van der Waals surface area contributed by atoms with Crippen molar-refractivity contribution >= 4 is 67.3 Å². The average Bonchev–Trinajstić information content (AvgIpc) is 3.93. The molecule has 1 aliphatic carbocycles. The van der Waals surface area contributed by atoms with E-state index in [1.807, 2.05) is 11.8 Å². The number of anilines is 3. The van der Waals surface area contributed by atoms with Crippen molar-refractivity contribution in [2.45, 2.75) is 15.7 Å². The van der Waals surface area contributed by atoms with Gasteiger partial charge in [-0.15, -0.1) is 0 Å². The summed E-state index contributed by atoms with van der Waals surface area (Å²) in [6.07, 6.45) is 0. The van der Waals surface area contributed by atoms with Crippen molar-refractivity contribution in [3.8, 4) is 33.5 Å². The Morgan fingerprint density at radius 2 is 1.17 bits per heavy atom. The first-order chi connectivity index (χ1) is 28.8. The predicted molar refractivity (Wildman–Crippen MR) is 239 cm³/mol. The lowest BCUT2D eigenvalue weighted by atomic mass is 9.89. The van der Waals surface area contributed by atoms with Gasteiger partial charge in [0.1, 0.15) is 0 Å². The lowest BCUT2D eigenvalue weighted by Gasteiger charge is -2.30. The van der Waals surface area contributed by atoms with Crippen LogP contribution in [0.3, 0.4) is 0 Å². The van der Waals surface area contributed by atoms with Crippen LogP contribution in [0.25, 0.3) is 71.7 Å². The van der Waals surface area contributed by atoms with Gasteiger partial charge < -0.3 is 4.40 Å². The molecule has 270 valence electrons. The summed E-state index contributed by atoms with van der Waals surface area (Å²) in [5.74, 6) is 0.883. The molecule has 5 heteroatoms. The van der Waals surface area contributed by atoms with Crippen molar-refractivity contribution in [2.24, 2.45) is 0 Å². The van der Waals surface area contributed by atoms with Crippen LogP contribution in [-0.4, -0.2) is 14.4 Å². The van der Waals surface area contributed by atoms with Gasteiger partial charge >= 0.3 is 0 Å². The quantitative estimate of drug-likeness (QED) is 0.179. The number of pyridine rings is 1. The van der Waals surface area contributed by atoms with E-state index in [1.54, 1.807) is 0 Å². The molecule has 4 aromatic heterocycles. The number of hydrogen-bond donors (Lipinski definition) is 0. The summed E-state index contributed by atoms with van der Waals surface area (Å²) in [6.45, 7) is 0. The van der Waals surface area contributed by atoms with E-state index in [2.05, 4.69) is 197 Å². The lowest BCUT2D eigenvalue weighted by Crippen LogP contribution is -2.17. The van der Waals surface area contributed by atoms with Crippen molar-refractivity contribution < 1.29 is 0 Å². The van der Waals surface area contributed by atoms with Crippen molar-refractivity contribution in [3.05, 3.63) is 205 Å². The number of nitrogens with zero attached hydrogens (tertiary/aromatic N) is 4. The van der Waals surface area contributed by atoms with Gasteiger partial charge in [0.25, 0.3) is 0 Å². The highest BCUT2D eigenvalue weighted by atomic mass is 32.2. The van der Waals surface area contributed by atoms with E-state index in [0.29, 0.717) is 5.95 Å². The number of para-hydroxylation sites is 1. The topological polar surface area (TPSA) is 33.4 Å². The van der Waals surface area contributed by atoms with Crippen LogP contribution in [0.4, 0.5) is 17.3 Å². The van der Waals surface area contributed by atoms with E-state index in [1.165, 1.54) is 76.1 Å². The number of benzene rings is 7. The number of aromatic nitrogens is 3. The maximum Gasteiger partial charge on any atom is 0.235 e. The molecule has 4 nitrogen and oxygen atoms in total. The lowest BCUT2D eigenvalue weighted by molar-refractivity contribution is 1.02. The van der Waals surface area contributed by atoms with E-state index in [4.69, 9.17) is 9.97 Å². The molecule has 1 atom stereocenters. The molecule has 0 amide bonds. The summed E-state index contributed by atoms with van der Waals surface area (Å²) in [5, 5.41) is 3.50. The molecular weight excluding hydrogens is 725 g/mol. The van der Waals surface area contributed by atoms with Crippen LogP contribution in [0.2, 0.25) is 0 Å². The van der Waals surface area contributed by atoms with Crippen molar-refractivity contribution in [2.75, 3.05) is 4.90 Å². The third kappa shape index (κ3) is 4.48. The van der Waals surface area contributed by atoms with E-state index in [0.717, 1.165) is 33.5 Å². The molecule has 0 saturated heterocycles. The van der Waals surface area contributed by atoms with E-state index >= 15 is 0 Å². The molecule has 11 aromatic rings. The second kappa shape index (κ2) is 12.1. The zero-order valence-electron chi connectivity index (χ0n) is 31.2. The highest BCUT2D eigenvalue weighted by Gasteiger charge is 2.35. The fraction of sp³-hybridized carbons (Fsp3) is 0.0189. The molecule has 0 fully saturated rings. The zero-order valence-corrected chi connectivity index (χ0v) is 32.0. The Morgan fingerprint density at radius 3 is 2.05 bits per heavy atom. The molecule has 0 N–H and O–H groups in total. The molecular formula is C53H32N4S. The van der Waals surface area contributed by atoms with Crippen LogP contribution in [-0.2, 0) is 0 Å². The SMILES string of the molecule is c1ccc(-c2nc(N3c4ccc(-c5ccc6c(c5)-c5ccccc5C6c5ccccc5)cc4Sc4c3c3c5ccccc5c5cccc4n53)nc3ccccc23)cc1. The largest absolute Gasteiger partial charge is 0.306 e. The molecule has 1 aliphatic heterocycles. The summed E-state index contributed by atoms with van der Waals surface area (Å²) in [5.41, 5.74) is 17.8. The highest BCUT2D eigenvalue weighted by Crippen LogP contribution is 2.58. The minimum atomic E-state index is 0.223. The Kier molecular flexibility index (Phi) is 6.69. The Balaban J connectivity index is 1.04. The first-order valence-electron chi connectivity index (χ1n) is 19.8. The van der Waals surface area contributed by atoms with E-state index in [9.17, 15) is 0 Å². The van der Waals surface area contributed by atoms with Crippen LogP contribution in [0, 0.1) is 0 Å². The minimum Gasteiger partial charge on any atom is -0.306 e. The van der Waals surface area contributed by atoms with Crippen LogP contribution >= 0.6 is 11.8 Å². The number of fused-ring (bicyclic) bond motifs is 11. The van der Waals surface area contributed by atoms with Gasteiger partial charge in [0, 0.05) is 32.5 Å². The number of rotatable bonds is 4. The Labute approximate surface area is 339 Å². The first kappa shape index (κ1) is 31.9. The molecule has 2 aliphatic rings. The molecule has 0 saturated carbocycles. The predicted octanol–water partition coefficient (Wildman–Crippen LogP) is 14.1. The summed E-state index contributed by atoms with van der Waals surface area (Å²) in [6, 6.07) is 68.2. The Morgan fingerprint density at radius 1 is 0.483 bits per heavy atom. The first-order valence-corrected chi connectivity index (χ1v) is 20.6. The highest BCUT2D eigenvalue weighted by molar-refractivity contribution is 8.00. The smallest absolute Gasteiger partial charge is 0.235 e. The summed E-state index contributed by atoms with van der Waals surface area (Å²) in [7, 11) is 0. The minimum absolute atomic E-state index is 0.223. The summed E-state index contributed by atoms with van der Waals surface area (Å²) in [4.78, 5) is 15.6. The standard InChI is InChI=1S/C53H32N4S/c1-3-14-32(15-4-1)48-38-20-9-7-18-36(38)42-30-34(26-28-39(42)48)35-27-29-45-47(31-35)58-52-46-25-13-24-44-37-19-8-10-21-40(37)50(56(44)46)51(52)57(45)53-54-43-23-12-11-22-41(43)49(55-53)33-16-5-2-6-17-33/h1-31,48H. The second-order valence-electron chi connectivity index (χ2n) is 15.3. The molecule has 1 unspecified atom stereocenters. The number of hydrogen-bond acceptors (Lipinski definition) is 4. The Bertz CT molecular complexity index is 3440.